The number of furan rings is 1. The Labute approximate surface area is 268 Å². The van der Waals surface area contributed by atoms with E-state index in [4.69, 9.17) is 24.5 Å². The van der Waals surface area contributed by atoms with Crippen molar-refractivity contribution in [1.29, 1.82) is 0 Å². The lowest BCUT2D eigenvalue weighted by Gasteiger charge is -2.08. The number of fused-ring (bicyclic) bond motifs is 6. The number of hydrogen-bond acceptors (Lipinski definition) is 4. The van der Waals surface area contributed by atoms with Gasteiger partial charge in [-0.2, -0.15) is 0 Å². The van der Waals surface area contributed by atoms with Gasteiger partial charge in [0, 0.05) is 38.2 Å². The lowest BCUT2D eigenvalue weighted by Crippen LogP contribution is -2.00. The first-order chi connectivity index (χ1) is 26.3. The predicted molar refractivity (Wildman–Crippen MR) is 178 cm³/mol. The minimum Gasteiger partial charge on any atom is -0.454 e. The second-order valence-electron chi connectivity index (χ2n) is 10.0. The van der Waals surface area contributed by atoms with Crippen LogP contribution in [0.2, 0.25) is 0 Å². The van der Waals surface area contributed by atoms with Crippen molar-refractivity contribution in [2.75, 3.05) is 0 Å². The predicted octanol–water partition coefficient (Wildman–Crippen LogP) is 9.87. The smallest absolute Gasteiger partial charge is 0.164 e. The van der Waals surface area contributed by atoms with Gasteiger partial charge in [-0.1, -0.05) is 109 Å². The largest absolute Gasteiger partial charge is 0.454 e. The van der Waals surface area contributed by atoms with Crippen LogP contribution in [0.5, 0.6) is 0 Å². The monoisotopic (exact) mass is 575 g/mol. The van der Waals surface area contributed by atoms with Gasteiger partial charge in [0.15, 0.2) is 23.1 Å². The van der Waals surface area contributed by atoms with Crippen LogP contribution in [0.4, 0.5) is 0 Å². The van der Waals surface area contributed by atoms with Gasteiger partial charge in [-0.05, 0) is 36.4 Å². The first kappa shape index (κ1) is 16.0. The third-order valence-corrected chi connectivity index (χ3v) is 7.49. The fourth-order valence-electron chi connectivity index (χ4n) is 5.55. The molecule has 5 nitrogen and oxygen atoms in total. The highest BCUT2D eigenvalue weighted by Crippen LogP contribution is 2.39. The molecule has 0 aliphatic heterocycles. The van der Waals surface area contributed by atoms with Crippen LogP contribution < -0.4 is 0 Å². The third kappa shape index (κ3) is 3.83. The Morgan fingerprint density at radius 2 is 1.18 bits per heavy atom. The van der Waals surface area contributed by atoms with Crippen molar-refractivity contribution in [3.8, 4) is 39.9 Å². The van der Waals surface area contributed by atoms with Crippen LogP contribution in [0.1, 0.15) is 15.1 Å². The SMILES string of the molecule is [2H]c1cc([2H])c2c(c1[2H])c1c([2H])c([2H])cc([2H])c1n2-c1cccc2c1oc1ccc(-c3nc(-c4ccccc4)nc(-c4c([2H])c([2H])c([2H])c([2H])c4[2H])n3)cc12. The van der Waals surface area contributed by atoms with Gasteiger partial charge < -0.3 is 8.98 Å². The highest BCUT2D eigenvalue weighted by atomic mass is 16.3. The van der Waals surface area contributed by atoms with Crippen LogP contribution in [-0.2, 0) is 0 Å². The van der Waals surface area contributed by atoms with E-state index in [2.05, 4.69) is 9.97 Å². The van der Waals surface area contributed by atoms with Crippen molar-refractivity contribution < 1.29 is 19.5 Å². The zero-order valence-electron chi connectivity index (χ0n) is 33.7. The van der Waals surface area contributed by atoms with E-state index >= 15 is 0 Å². The molecule has 0 unspecified atom stereocenters. The van der Waals surface area contributed by atoms with Crippen molar-refractivity contribution in [3.63, 3.8) is 0 Å². The summed E-state index contributed by atoms with van der Waals surface area (Å²) in [6, 6.07) is 18.6. The van der Waals surface area contributed by atoms with Crippen LogP contribution in [0.25, 0.3) is 83.6 Å². The molecule has 9 rings (SSSR count). The molecule has 0 aliphatic rings. The third-order valence-electron chi connectivity index (χ3n) is 7.49. The van der Waals surface area contributed by atoms with Crippen molar-refractivity contribution >= 4 is 43.7 Å². The number of para-hydroxylation sites is 3. The van der Waals surface area contributed by atoms with Crippen LogP contribution >= 0.6 is 0 Å². The Morgan fingerprint density at radius 3 is 1.91 bits per heavy atom. The molecule has 0 atom stereocenters. The fraction of sp³-hybridized carbons (Fsp3) is 0. The summed E-state index contributed by atoms with van der Waals surface area (Å²) in [4.78, 5) is 14.0. The average Bonchev–Trinajstić information content (AvgIpc) is 3.75. The topological polar surface area (TPSA) is 56.7 Å². The molecule has 0 N–H and O–H groups in total. The Balaban J connectivity index is 1.30. The molecule has 3 aromatic heterocycles. The number of benzene rings is 6. The molecule has 0 fully saturated rings. The van der Waals surface area contributed by atoms with Gasteiger partial charge in [-0.25, -0.2) is 15.0 Å². The Morgan fingerprint density at radius 1 is 0.500 bits per heavy atom. The quantitative estimate of drug-likeness (QED) is 0.210. The molecule has 0 radical (unpaired) electrons. The van der Waals surface area contributed by atoms with Crippen molar-refractivity contribution in [2.45, 2.75) is 0 Å². The first-order valence-corrected chi connectivity index (χ1v) is 13.7. The maximum absolute atomic E-state index is 8.88. The molecular formula is C39H24N4O. The molecule has 9 aromatic rings. The highest BCUT2D eigenvalue weighted by molar-refractivity contribution is 6.13. The Bertz CT molecular complexity index is 3030. The van der Waals surface area contributed by atoms with Gasteiger partial charge in [0.25, 0.3) is 0 Å². The summed E-state index contributed by atoms with van der Waals surface area (Å²) in [5.41, 5.74) is 2.63. The van der Waals surface area contributed by atoms with E-state index in [-0.39, 0.29) is 81.1 Å². The van der Waals surface area contributed by atoms with E-state index in [1.165, 1.54) is 12.1 Å². The van der Waals surface area contributed by atoms with Crippen LogP contribution in [0, 0.1) is 0 Å². The van der Waals surface area contributed by atoms with Crippen LogP contribution in [-0.4, -0.2) is 19.5 Å². The lowest BCUT2D eigenvalue weighted by molar-refractivity contribution is 0.666. The summed E-state index contributed by atoms with van der Waals surface area (Å²) < 4.78 is 102. The second-order valence-corrected chi connectivity index (χ2v) is 10.0. The minimum absolute atomic E-state index is 0.0908. The number of hydrogen-bond donors (Lipinski definition) is 0. The lowest BCUT2D eigenvalue weighted by atomic mass is 10.1. The summed E-state index contributed by atoms with van der Waals surface area (Å²) in [5, 5.41) is 1.54. The molecule has 0 amide bonds. The molecule has 6 aromatic carbocycles. The van der Waals surface area contributed by atoms with Gasteiger partial charge in [0.05, 0.1) is 31.8 Å². The summed E-state index contributed by atoms with van der Waals surface area (Å²) >= 11 is 0. The molecule has 0 saturated heterocycles. The first-order valence-electron chi connectivity index (χ1n) is 19.2. The minimum atomic E-state index is -0.533. The highest BCUT2D eigenvalue weighted by Gasteiger charge is 2.19. The second kappa shape index (κ2) is 9.75. The van der Waals surface area contributed by atoms with Crippen LogP contribution in [0.15, 0.2) is 150 Å². The van der Waals surface area contributed by atoms with E-state index in [0.717, 1.165) is 0 Å². The van der Waals surface area contributed by atoms with Gasteiger partial charge in [0.1, 0.15) is 5.58 Å². The van der Waals surface area contributed by atoms with Gasteiger partial charge >= 0.3 is 0 Å². The van der Waals surface area contributed by atoms with Gasteiger partial charge in [-0.15, -0.1) is 0 Å². The van der Waals surface area contributed by atoms with E-state index < -0.39 is 30.2 Å². The molecule has 5 heteroatoms. The normalized spacial score (nSPS) is 15.1. The molecule has 0 spiro atoms. The van der Waals surface area contributed by atoms with E-state index in [1.54, 1.807) is 47.0 Å². The van der Waals surface area contributed by atoms with Crippen molar-refractivity contribution in [2.24, 2.45) is 0 Å². The van der Waals surface area contributed by atoms with Gasteiger partial charge in [0.2, 0.25) is 0 Å². The molecule has 0 saturated carbocycles. The van der Waals surface area contributed by atoms with Gasteiger partial charge in [-0.3, -0.25) is 0 Å². The maximum atomic E-state index is 8.88. The summed E-state index contributed by atoms with van der Waals surface area (Å²) in [6.07, 6.45) is 0. The van der Waals surface area contributed by atoms with Crippen molar-refractivity contribution in [1.82, 2.24) is 19.5 Å². The molecule has 3 heterocycles. The molecule has 44 heavy (non-hydrogen) atoms. The maximum Gasteiger partial charge on any atom is 0.164 e. The number of rotatable bonds is 4. The van der Waals surface area contributed by atoms with Crippen molar-refractivity contribution in [3.05, 3.63) is 145 Å². The fourth-order valence-corrected chi connectivity index (χ4v) is 5.55. The number of nitrogens with zero attached hydrogens (tertiary/aromatic N) is 4. The van der Waals surface area contributed by atoms with E-state index in [9.17, 15) is 0 Å². The Kier molecular flexibility index (Phi) is 3.54. The molecular weight excluding hydrogens is 540 g/mol. The zero-order chi connectivity index (χ0) is 38.6. The molecule has 206 valence electrons. The Hall–Kier alpha value is -6.07. The summed E-state index contributed by atoms with van der Waals surface area (Å²) in [5.74, 6) is 0.301. The number of aromatic nitrogens is 4. The van der Waals surface area contributed by atoms with Crippen LogP contribution in [0.3, 0.4) is 0 Å². The average molecular weight is 576 g/mol. The summed E-state index contributed by atoms with van der Waals surface area (Å²) in [7, 11) is 0. The summed E-state index contributed by atoms with van der Waals surface area (Å²) in [6.45, 7) is 0. The zero-order valence-corrected chi connectivity index (χ0v) is 22.7. The molecule has 0 aliphatic carbocycles. The van der Waals surface area contributed by atoms with E-state index in [1.807, 2.05) is 24.3 Å². The standard InChI is InChI=1S/C39H24N4O/c1-3-12-25(13-4-1)37-40-38(26-14-5-2-6-15-26)42-39(41-37)27-22-23-35-31(24-27)30-18-11-21-34(36(30)44-35)43-32-19-9-7-16-28(32)29-17-8-10-20-33(29)43/h1-24H/i1D,3D,4D,7D,8D,12D,13D,16D,17D,19D,20D. The molecule has 0 bridgehead atoms. The van der Waals surface area contributed by atoms with E-state index in [0.29, 0.717) is 38.8 Å².